The number of benzene rings is 2. The first kappa shape index (κ1) is 16.6. The van der Waals surface area contributed by atoms with Crippen LogP contribution in [0.1, 0.15) is 43.7 Å². The standard InChI is InChI=1S/C21H25NO2/c1-21(2,18-6-4-3-5-7-18)20(24)22-14-12-17(13-15-22)16-8-10-19(23)11-9-16/h3-11,17,23H,12-15H2,1-2H3. The molecule has 24 heavy (non-hydrogen) atoms. The fourth-order valence-electron chi connectivity index (χ4n) is 3.54. The minimum absolute atomic E-state index is 0.206. The predicted molar refractivity (Wildman–Crippen MR) is 96.1 cm³/mol. The zero-order valence-electron chi connectivity index (χ0n) is 14.4. The van der Waals surface area contributed by atoms with Crippen molar-refractivity contribution >= 4 is 5.91 Å². The van der Waals surface area contributed by atoms with Crippen molar-refractivity contribution in [3.8, 4) is 5.75 Å². The zero-order valence-corrected chi connectivity index (χ0v) is 14.4. The molecular weight excluding hydrogens is 298 g/mol. The lowest BCUT2D eigenvalue weighted by atomic mass is 9.82. The van der Waals surface area contributed by atoms with E-state index in [2.05, 4.69) is 0 Å². The van der Waals surface area contributed by atoms with Crippen LogP contribution in [0.4, 0.5) is 0 Å². The number of hydrogen-bond acceptors (Lipinski definition) is 2. The Morgan fingerprint density at radius 3 is 2.17 bits per heavy atom. The van der Waals surface area contributed by atoms with Crippen molar-refractivity contribution in [3.63, 3.8) is 0 Å². The average Bonchev–Trinajstić information content (AvgIpc) is 2.62. The predicted octanol–water partition coefficient (Wildman–Crippen LogP) is 4.08. The third-order valence-corrected chi connectivity index (χ3v) is 5.18. The van der Waals surface area contributed by atoms with E-state index < -0.39 is 5.41 Å². The van der Waals surface area contributed by atoms with Crippen LogP contribution in [0, 0.1) is 0 Å². The number of phenols is 1. The van der Waals surface area contributed by atoms with Crippen molar-refractivity contribution in [2.24, 2.45) is 0 Å². The van der Waals surface area contributed by atoms with Gasteiger partial charge in [-0.2, -0.15) is 0 Å². The molecule has 0 spiro atoms. The summed E-state index contributed by atoms with van der Waals surface area (Å²) < 4.78 is 0. The van der Waals surface area contributed by atoms with Gasteiger partial charge in [-0.1, -0.05) is 42.5 Å². The van der Waals surface area contributed by atoms with Crippen molar-refractivity contribution in [1.29, 1.82) is 0 Å². The first-order valence-corrected chi connectivity index (χ1v) is 8.62. The Bertz CT molecular complexity index is 684. The largest absolute Gasteiger partial charge is 0.508 e. The van der Waals surface area contributed by atoms with Crippen molar-refractivity contribution in [2.45, 2.75) is 38.0 Å². The monoisotopic (exact) mass is 323 g/mol. The molecule has 0 radical (unpaired) electrons. The smallest absolute Gasteiger partial charge is 0.232 e. The lowest BCUT2D eigenvalue weighted by molar-refractivity contribution is -0.137. The Morgan fingerprint density at radius 2 is 1.58 bits per heavy atom. The van der Waals surface area contributed by atoms with E-state index in [1.54, 1.807) is 12.1 Å². The molecule has 1 N–H and O–H groups in total. The topological polar surface area (TPSA) is 40.5 Å². The van der Waals surface area contributed by atoms with Crippen molar-refractivity contribution in [2.75, 3.05) is 13.1 Å². The maximum atomic E-state index is 13.0. The molecule has 0 bridgehead atoms. The Labute approximate surface area is 143 Å². The molecule has 3 nitrogen and oxygen atoms in total. The molecule has 2 aromatic carbocycles. The van der Waals surface area contributed by atoms with Gasteiger partial charge in [-0.25, -0.2) is 0 Å². The van der Waals surface area contributed by atoms with Crippen molar-refractivity contribution in [1.82, 2.24) is 4.90 Å². The average molecular weight is 323 g/mol. The molecule has 1 fully saturated rings. The lowest BCUT2D eigenvalue weighted by Crippen LogP contribution is -2.46. The molecule has 0 aliphatic carbocycles. The van der Waals surface area contributed by atoms with Crippen LogP contribution in [-0.4, -0.2) is 29.0 Å². The first-order chi connectivity index (χ1) is 11.5. The van der Waals surface area contributed by atoms with Gasteiger partial charge < -0.3 is 10.0 Å². The quantitative estimate of drug-likeness (QED) is 0.925. The van der Waals surface area contributed by atoms with Gasteiger partial charge in [0.05, 0.1) is 5.41 Å². The summed E-state index contributed by atoms with van der Waals surface area (Å²) in [6, 6.07) is 17.5. The summed E-state index contributed by atoms with van der Waals surface area (Å²) in [6.07, 6.45) is 1.95. The lowest BCUT2D eigenvalue weighted by Gasteiger charge is -2.37. The van der Waals surface area contributed by atoms with E-state index in [4.69, 9.17) is 0 Å². The van der Waals surface area contributed by atoms with E-state index in [-0.39, 0.29) is 5.91 Å². The first-order valence-electron chi connectivity index (χ1n) is 8.62. The zero-order chi connectivity index (χ0) is 17.2. The Balaban J connectivity index is 1.66. The molecule has 1 aliphatic rings. The molecule has 1 aliphatic heterocycles. The molecule has 1 heterocycles. The van der Waals surface area contributed by atoms with Gasteiger partial charge in [0.25, 0.3) is 0 Å². The summed E-state index contributed by atoms with van der Waals surface area (Å²) in [7, 11) is 0. The SMILES string of the molecule is CC(C)(C(=O)N1CCC(c2ccc(O)cc2)CC1)c1ccccc1. The molecule has 3 rings (SSSR count). The Hall–Kier alpha value is -2.29. The van der Waals surface area contributed by atoms with Crippen LogP contribution in [-0.2, 0) is 10.2 Å². The van der Waals surface area contributed by atoms with Crippen LogP contribution in [0.2, 0.25) is 0 Å². The van der Waals surface area contributed by atoms with Crippen molar-refractivity contribution in [3.05, 3.63) is 65.7 Å². The number of phenolic OH excluding ortho intramolecular Hbond substituents is 1. The number of amides is 1. The second-order valence-electron chi connectivity index (χ2n) is 7.15. The van der Waals surface area contributed by atoms with E-state index in [0.717, 1.165) is 31.5 Å². The van der Waals surface area contributed by atoms with Gasteiger partial charge in [-0.05, 0) is 55.9 Å². The van der Waals surface area contributed by atoms with Gasteiger partial charge >= 0.3 is 0 Å². The second kappa shape index (κ2) is 6.68. The molecule has 0 atom stereocenters. The van der Waals surface area contributed by atoms with E-state index >= 15 is 0 Å². The summed E-state index contributed by atoms with van der Waals surface area (Å²) in [5, 5.41) is 9.41. The number of piperidine rings is 1. The summed E-state index contributed by atoms with van der Waals surface area (Å²) in [5.74, 6) is 0.975. The number of hydrogen-bond donors (Lipinski definition) is 1. The molecule has 3 heteroatoms. The molecule has 2 aromatic rings. The number of aromatic hydroxyl groups is 1. The maximum absolute atomic E-state index is 13.0. The van der Waals surface area contributed by atoms with Crippen LogP contribution in [0.15, 0.2) is 54.6 Å². The van der Waals surface area contributed by atoms with Crippen LogP contribution < -0.4 is 0 Å². The maximum Gasteiger partial charge on any atom is 0.232 e. The van der Waals surface area contributed by atoms with Crippen LogP contribution in [0.3, 0.4) is 0 Å². The van der Waals surface area contributed by atoms with Crippen LogP contribution in [0.5, 0.6) is 5.75 Å². The van der Waals surface area contributed by atoms with Gasteiger partial charge in [-0.15, -0.1) is 0 Å². The molecule has 0 unspecified atom stereocenters. The third kappa shape index (κ3) is 3.30. The highest BCUT2D eigenvalue weighted by Crippen LogP contribution is 2.32. The molecule has 1 amide bonds. The highest BCUT2D eigenvalue weighted by atomic mass is 16.3. The Morgan fingerprint density at radius 1 is 1.00 bits per heavy atom. The third-order valence-electron chi connectivity index (χ3n) is 5.18. The van der Waals surface area contributed by atoms with Gasteiger partial charge in [0.1, 0.15) is 5.75 Å². The minimum atomic E-state index is -0.493. The summed E-state index contributed by atoms with van der Waals surface area (Å²) in [5.41, 5.74) is 1.82. The van der Waals surface area contributed by atoms with E-state index in [1.165, 1.54) is 5.56 Å². The normalized spacial score (nSPS) is 16.2. The number of carbonyl (C=O) groups excluding carboxylic acids is 1. The van der Waals surface area contributed by atoms with E-state index in [1.807, 2.05) is 61.2 Å². The van der Waals surface area contributed by atoms with Gasteiger partial charge in [0, 0.05) is 13.1 Å². The number of carbonyl (C=O) groups is 1. The van der Waals surface area contributed by atoms with Crippen molar-refractivity contribution < 1.29 is 9.90 Å². The fraction of sp³-hybridized carbons (Fsp3) is 0.381. The molecular formula is C21H25NO2. The van der Waals surface area contributed by atoms with Crippen LogP contribution >= 0.6 is 0 Å². The Kier molecular flexibility index (Phi) is 4.61. The van der Waals surface area contributed by atoms with Gasteiger partial charge in [0.15, 0.2) is 0 Å². The minimum Gasteiger partial charge on any atom is -0.508 e. The number of nitrogens with zero attached hydrogens (tertiary/aromatic N) is 1. The molecule has 0 saturated carbocycles. The van der Waals surface area contributed by atoms with E-state index in [9.17, 15) is 9.90 Å². The fourth-order valence-corrected chi connectivity index (χ4v) is 3.54. The molecule has 0 aromatic heterocycles. The van der Waals surface area contributed by atoms with Gasteiger partial charge in [-0.3, -0.25) is 4.79 Å². The highest BCUT2D eigenvalue weighted by Gasteiger charge is 2.35. The second-order valence-corrected chi connectivity index (χ2v) is 7.15. The molecule has 1 saturated heterocycles. The number of rotatable bonds is 3. The van der Waals surface area contributed by atoms with E-state index in [0.29, 0.717) is 11.7 Å². The summed E-state index contributed by atoms with van der Waals surface area (Å²) in [4.78, 5) is 15.0. The number of likely N-dealkylation sites (tertiary alicyclic amines) is 1. The van der Waals surface area contributed by atoms with Crippen LogP contribution in [0.25, 0.3) is 0 Å². The van der Waals surface area contributed by atoms with Gasteiger partial charge in [0.2, 0.25) is 5.91 Å². The summed E-state index contributed by atoms with van der Waals surface area (Å²) >= 11 is 0. The molecule has 126 valence electrons. The summed E-state index contributed by atoms with van der Waals surface area (Å²) in [6.45, 7) is 5.61. The highest BCUT2D eigenvalue weighted by molar-refractivity contribution is 5.87.